The molecule has 98 valence electrons. The van der Waals surface area contributed by atoms with E-state index in [1.165, 1.54) is 4.90 Å². The van der Waals surface area contributed by atoms with Crippen LogP contribution < -0.4 is 0 Å². The number of aliphatic carboxylic acids is 2. The number of hydrogen-bond acceptors (Lipinski definition) is 6. The van der Waals surface area contributed by atoms with E-state index in [1.54, 1.807) is 0 Å². The molecule has 1 aromatic heterocycles. The Labute approximate surface area is 102 Å². The molecule has 0 amide bonds. The van der Waals surface area contributed by atoms with E-state index in [9.17, 15) is 9.59 Å². The Balaban J connectivity index is 1.96. The molecule has 0 saturated heterocycles. The van der Waals surface area contributed by atoms with Crippen LogP contribution >= 0.6 is 0 Å². The average Bonchev–Trinajstić information content (AvgIpc) is 2.98. The SMILES string of the molecule is O=C(O)CN(CC(=O)O)Cc1nc(C2CC2)no1. The summed E-state index contributed by atoms with van der Waals surface area (Å²) in [5, 5.41) is 21.1. The first-order chi connectivity index (χ1) is 8.54. The molecule has 0 aromatic carbocycles. The van der Waals surface area contributed by atoms with Crippen molar-refractivity contribution in [3.63, 3.8) is 0 Å². The van der Waals surface area contributed by atoms with E-state index < -0.39 is 11.9 Å². The van der Waals surface area contributed by atoms with Crippen molar-refractivity contribution < 1.29 is 24.3 Å². The second-order valence-electron chi connectivity index (χ2n) is 4.25. The van der Waals surface area contributed by atoms with Gasteiger partial charge in [-0.15, -0.1) is 0 Å². The fourth-order valence-electron chi connectivity index (χ4n) is 1.58. The van der Waals surface area contributed by atoms with Gasteiger partial charge in [0.05, 0.1) is 19.6 Å². The summed E-state index contributed by atoms with van der Waals surface area (Å²) in [5.41, 5.74) is 0. The van der Waals surface area contributed by atoms with Gasteiger partial charge in [-0.3, -0.25) is 14.5 Å². The molecule has 8 nitrogen and oxygen atoms in total. The zero-order chi connectivity index (χ0) is 13.1. The number of carbonyl (C=O) groups is 2. The Hall–Kier alpha value is -1.96. The molecule has 1 aliphatic rings. The molecule has 0 unspecified atom stereocenters. The Bertz CT molecular complexity index is 438. The van der Waals surface area contributed by atoms with Gasteiger partial charge >= 0.3 is 11.9 Å². The third-order valence-electron chi connectivity index (χ3n) is 2.50. The van der Waals surface area contributed by atoms with E-state index in [1.807, 2.05) is 0 Å². The van der Waals surface area contributed by atoms with Gasteiger partial charge in [0.15, 0.2) is 5.82 Å². The Morgan fingerprint density at radius 1 is 1.28 bits per heavy atom. The number of carboxylic acid groups (broad SMARTS) is 2. The maximum absolute atomic E-state index is 10.6. The molecule has 2 rings (SSSR count). The van der Waals surface area contributed by atoms with Crippen LogP contribution in [-0.4, -0.2) is 50.3 Å². The van der Waals surface area contributed by atoms with Crippen molar-refractivity contribution in [1.82, 2.24) is 15.0 Å². The molecule has 0 radical (unpaired) electrons. The molecule has 1 saturated carbocycles. The Kier molecular flexibility index (Phi) is 3.56. The Morgan fingerprint density at radius 2 is 1.89 bits per heavy atom. The summed E-state index contributed by atoms with van der Waals surface area (Å²) in [7, 11) is 0. The summed E-state index contributed by atoms with van der Waals surface area (Å²) in [6, 6.07) is 0. The van der Waals surface area contributed by atoms with Gasteiger partial charge in [0.25, 0.3) is 0 Å². The van der Waals surface area contributed by atoms with Crippen molar-refractivity contribution >= 4 is 11.9 Å². The topological polar surface area (TPSA) is 117 Å². The first-order valence-corrected chi connectivity index (χ1v) is 5.53. The zero-order valence-electron chi connectivity index (χ0n) is 9.57. The monoisotopic (exact) mass is 255 g/mol. The van der Waals surface area contributed by atoms with E-state index >= 15 is 0 Å². The highest BCUT2D eigenvalue weighted by atomic mass is 16.5. The number of aromatic nitrogens is 2. The van der Waals surface area contributed by atoms with Crippen LogP contribution in [0.4, 0.5) is 0 Å². The van der Waals surface area contributed by atoms with Gasteiger partial charge in [0.2, 0.25) is 5.89 Å². The van der Waals surface area contributed by atoms with Crippen molar-refractivity contribution in [3.05, 3.63) is 11.7 Å². The summed E-state index contributed by atoms with van der Waals surface area (Å²) >= 11 is 0. The van der Waals surface area contributed by atoms with E-state index in [0.29, 0.717) is 11.7 Å². The molecule has 1 aliphatic carbocycles. The van der Waals surface area contributed by atoms with Crippen LogP contribution in [-0.2, 0) is 16.1 Å². The minimum Gasteiger partial charge on any atom is -0.480 e. The molecule has 0 bridgehead atoms. The van der Waals surface area contributed by atoms with Crippen LogP contribution in [0.1, 0.15) is 30.5 Å². The molecular formula is C10H13N3O5. The second kappa shape index (κ2) is 5.13. The molecule has 8 heteroatoms. The third-order valence-corrected chi connectivity index (χ3v) is 2.50. The van der Waals surface area contributed by atoms with Gasteiger partial charge in [-0.05, 0) is 12.8 Å². The predicted molar refractivity (Wildman–Crippen MR) is 56.8 cm³/mol. The number of carboxylic acids is 2. The van der Waals surface area contributed by atoms with Crippen molar-refractivity contribution in [3.8, 4) is 0 Å². The normalized spacial score (nSPS) is 14.9. The molecule has 1 aromatic rings. The maximum Gasteiger partial charge on any atom is 0.317 e. The van der Waals surface area contributed by atoms with Crippen LogP contribution in [0.3, 0.4) is 0 Å². The number of rotatable bonds is 7. The largest absolute Gasteiger partial charge is 0.480 e. The molecule has 0 aliphatic heterocycles. The number of nitrogens with zero attached hydrogens (tertiary/aromatic N) is 3. The predicted octanol–water partition coefficient (Wildman–Crippen LogP) is -0.0818. The first kappa shape index (κ1) is 12.5. The molecule has 18 heavy (non-hydrogen) atoms. The molecule has 1 fully saturated rings. The van der Waals surface area contributed by atoms with E-state index in [4.69, 9.17) is 14.7 Å². The minimum atomic E-state index is -1.10. The summed E-state index contributed by atoms with van der Waals surface area (Å²) in [6.45, 7) is -0.737. The quantitative estimate of drug-likeness (QED) is 0.694. The van der Waals surface area contributed by atoms with Crippen LogP contribution in [0.25, 0.3) is 0 Å². The zero-order valence-corrected chi connectivity index (χ0v) is 9.57. The summed E-state index contributed by atoms with van der Waals surface area (Å²) in [4.78, 5) is 26.5. The smallest absolute Gasteiger partial charge is 0.317 e. The lowest BCUT2D eigenvalue weighted by Gasteiger charge is -2.14. The van der Waals surface area contributed by atoms with Crippen molar-refractivity contribution in [2.75, 3.05) is 13.1 Å². The van der Waals surface area contributed by atoms with E-state index in [0.717, 1.165) is 12.8 Å². The van der Waals surface area contributed by atoms with Crippen LogP contribution in [0.5, 0.6) is 0 Å². The van der Waals surface area contributed by atoms with Crippen LogP contribution in [0.2, 0.25) is 0 Å². The fourth-order valence-corrected chi connectivity index (χ4v) is 1.58. The summed E-state index contributed by atoms with van der Waals surface area (Å²) in [6.07, 6.45) is 2.07. The summed E-state index contributed by atoms with van der Waals surface area (Å²) < 4.78 is 4.97. The molecule has 1 heterocycles. The molecule has 0 atom stereocenters. The minimum absolute atomic E-state index is 0.0261. The lowest BCUT2D eigenvalue weighted by Crippen LogP contribution is -2.34. The van der Waals surface area contributed by atoms with Crippen molar-refractivity contribution in [2.24, 2.45) is 0 Å². The standard InChI is InChI=1S/C10H13N3O5/c14-8(15)4-13(5-9(16)17)3-7-11-10(12-18-7)6-1-2-6/h6H,1-5H2,(H,14,15)(H,16,17). The summed E-state index contributed by atoms with van der Waals surface area (Å²) in [5.74, 6) is -0.985. The maximum atomic E-state index is 10.6. The highest BCUT2D eigenvalue weighted by Crippen LogP contribution is 2.38. The Morgan fingerprint density at radius 3 is 2.39 bits per heavy atom. The van der Waals surface area contributed by atoms with E-state index in [-0.39, 0.29) is 25.5 Å². The van der Waals surface area contributed by atoms with Gasteiger partial charge in [-0.25, -0.2) is 0 Å². The third kappa shape index (κ3) is 3.52. The second-order valence-corrected chi connectivity index (χ2v) is 4.25. The van der Waals surface area contributed by atoms with Gasteiger partial charge in [-0.2, -0.15) is 4.98 Å². The lowest BCUT2D eigenvalue weighted by atomic mass is 10.4. The van der Waals surface area contributed by atoms with Crippen molar-refractivity contribution in [1.29, 1.82) is 0 Å². The first-order valence-electron chi connectivity index (χ1n) is 5.53. The van der Waals surface area contributed by atoms with E-state index in [2.05, 4.69) is 10.1 Å². The molecule has 0 spiro atoms. The highest BCUT2D eigenvalue weighted by Gasteiger charge is 2.29. The molecule has 2 N–H and O–H groups in total. The van der Waals surface area contributed by atoms with Gasteiger partial charge < -0.3 is 14.7 Å². The van der Waals surface area contributed by atoms with Gasteiger partial charge in [0.1, 0.15) is 0 Å². The highest BCUT2D eigenvalue weighted by molar-refractivity contribution is 5.72. The lowest BCUT2D eigenvalue weighted by molar-refractivity contribution is -0.142. The van der Waals surface area contributed by atoms with Gasteiger partial charge in [0, 0.05) is 5.92 Å². The average molecular weight is 255 g/mol. The van der Waals surface area contributed by atoms with Gasteiger partial charge in [-0.1, -0.05) is 5.16 Å². The fraction of sp³-hybridized carbons (Fsp3) is 0.600. The number of hydrogen-bond donors (Lipinski definition) is 2. The molecular weight excluding hydrogens is 242 g/mol. The van der Waals surface area contributed by atoms with Crippen LogP contribution in [0, 0.1) is 0 Å². The van der Waals surface area contributed by atoms with Crippen LogP contribution in [0.15, 0.2) is 4.52 Å². The van der Waals surface area contributed by atoms with Crippen molar-refractivity contribution in [2.45, 2.75) is 25.3 Å².